The van der Waals surface area contributed by atoms with Crippen molar-refractivity contribution in [3.05, 3.63) is 269 Å². The summed E-state index contributed by atoms with van der Waals surface area (Å²) in [5.74, 6) is 0.982. The highest BCUT2D eigenvalue weighted by Crippen LogP contribution is 2.45. The fraction of sp³-hybridized carbons (Fsp3) is 0.0833. The Morgan fingerprint density at radius 2 is 0.583 bits per heavy atom. The molecule has 84 heavy (non-hydrogen) atoms. The van der Waals surface area contributed by atoms with E-state index in [0.717, 1.165) is 87.2 Å². The van der Waals surface area contributed by atoms with Crippen LogP contribution >= 0.6 is 31.9 Å². The monoisotopic (exact) mass is 1250 g/mol. The van der Waals surface area contributed by atoms with Crippen LogP contribution in [0.3, 0.4) is 0 Å². The summed E-state index contributed by atoms with van der Waals surface area (Å²) >= 11 is 6.72. The van der Waals surface area contributed by atoms with Gasteiger partial charge in [0.05, 0.1) is 37.4 Å². The molecule has 11 aromatic carbocycles. The second kappa shape index (κ2) is 30.0. The zero-order valence-corrected chi connectivity index (χ0v) is 48.2. The molecule has 11 aromatic rings. The van der Waals surface area contributed by atoms with Gasteiger partial charge in [-0.2, -0.15) is 0 Å². The summed E-state index contributed by atoms with van der Waals surface area (Å²) < 4.78 is 73.3. The predicted octanol–water partition coefficient (Wildman–Crippen LogP) is 20.6. The van der Waals surface area contributed by atoms with Crippen molar-refractivity contribution in [2.24, 2.45) is 0 Å². The van der Waals surface area contributed by atoms with Gasteiger partial charge in [-0.25, -0.2) is 13.2 Å². The molecule has 0 unspecified atom stereocenters. The highest BCUT2D eigenvalue weighted by atomic mass is 79.9. The summed E-state index contributed by atoms with van der Waals surface area (Å²) in [5, 5.41) is 8.68. The van der Waals surface area contributed by atoms with Crippen molar-refractivity contribution in [2.45, 2.75) is 14.9 Å². The van der Waals surface area contributed by atoms with E-state index in [9.17, 15) is 4.39 Å². The number of hydrogen-bond acceptors (Lipinski definition) is 6. The molecule has 0 spiro atoms. The molecule has 0 bridgehead atoms. The second-order valence-electron chi connectivity index (χ2n) is 18.5. The Bertz CT molecular complexity index is 3780. The first-order valence-electron chi connectivity index (χ1n) is 25.8. The van der Waals surface area contributed by atoms with Gasteiger partial charge in [-0.1, -0.05) is 179 Å². The van der Waals surface area contributed by atoms with Gasteiger partial charge in [0.15, 0.2) is 5.82 Å². The minimum absolute atomic E-state index is 0. The number of ether oxygens (including phenoxy) is 4. The second-order valence-corrected chi connectivity index (χ2v) is 20.2. The lowest BCUT2D eigenvalue weighted by molar-refractivity contribution is 0.391. The van der Waals surface area contributed by atoms with Gasteiger partial charge in [0, 0.05) is 34.4 Å². The van der Waals surface area contributed by atoms with Crippen molar-refractivity contribution in [3.8, 4) is 118 Å². The standard InChI is InChI=1S/C44H32F2O2.C18H13BFO2.C8H8Br2O2.2CH4/c1-47-43-28-44(48-2)40(38-26-36(20-22-42(38)46)34-18-10-16-32(24-34)30-13-7-4-8-14-30)27-39(43)37-25-35(19-21-41(37)45)33-17-9-15-31(23-33)29-11-5-3-6-12-29;20-17-10-9-16(12-18(17)22-19-21)15-8-4-7-14(11-15)13-5-2-1-3-6-13;1-11-7-4-8(12-2)6(10)3-5(7)9;;/h3-28H,1-2H3;1-12,21H;3-4H,1-2H3;2*1H4. The largest absolute Gasteiger partial charge is 0.569 e. The van der Waals surface area contributed by atoms with Gasteiger partial charge >= 0.3 is 7.69 Å². The maximum atomic E-state index is 15.7. The lowest BCUT2D eigenvalue weighted by Crippen LogP contribution is -2.01. The van der Waals surface area contributed by atoms with Gasteiger partial charge in [-0.05, 0) is 165 Å². The third kappa shape index (κ3) is 15.1. The topological polar surface area (TPSA) is 66.4 Å². The van der Waals surface area contributed by atoms with Crippen LogP contribution in [0.25, 0.3) is 89.0 Å². The molecule has 0 saturated heterocycles. The predicted molar refractivity (Wildman–Crippen MR) is 346 cm³/mol. The summed E-state index contributed by atoms with van der Waals surface area (Å²) in [6.07, 6.45) is 0. The van der Waals surface area contributed by atoms with E-state index in [-0.39, 0.29) is 20.6 Å². The van der Waals surface area contributed by atoms with Crippen LogP contribution in [0.15, 0.2) is 252 Å². The van der Waals surface area contributed by atoms with Crippen molar-refractivity contribution in [3.63, 3.8) is 0 Å². The lowest BCUT2D eigenvalue weighted by atomic mass is 9.92. The first-order chi connectivity index (χ1) is 40.0. The van der Waals surface area contributed by atoms with Crippen LogP contribution in [0.2, 0.25) is 0 Å². The van der Waals surface area contributed by atoms with Crippen molar-refractivity contribution < 1.29 is 41.8 Å². The van der Waals surface area contributed by atoms with E-state index in [1.165, 1.54) is 32.4 Å². The van der Waals surface area contributed by atoms with E-state index in [0.29, 0.717) is 41.4 Å². The number of hydrogen-bond donors (Lipinski definition) is 1. The van der Waals surface area contributed by atoms with E-state index < -0.39 is 17.5 Å². The Balaban J connectivity index is 0.000000231. The molecule has 1 N–H and O–H groups in total. The van der Waals surface area contributed by atoms with Crippen molar-refractivity contribution in [2.75, 3.05) is 28.4 Å². The summed E-state index contributed by atoms with van der Waals surface area (Å²) in [7, 11) is 6.78. The van der Waals surface area contributed by atoms with Crippen LogP contribution in [0.1, 0.15) is 14.9 Å². The molecule has 11 rings (SSSR count). The summed E-state index contributed by atoms with van der Waals surface area (Å²) in [4.78, 5) is 0. The van der Waals surface area contributed by atoms with Gasteiger partial charge in [0.2, 0.25) is 0 Å². The maximum Gasteiger partial charge on any atom is 0.569 e. The highest BCUT2D eigenvalue weighted by molar-refractivity contribution is 9.11. The van der Waals surface area contributed by atoms with Crippen molar-refractivity contribution in [1.82, 2.24) is 0 Å². The van der Waals surface area contributed by atoms with Crippen LogP contribution in [0, 0.1) is 17.5 Å². The smallest absolute Gasteiger partial charge is 0.535 e. The molecule has 0 fully saturated rings. The minimum atomic E-state index is -0.520. The van der Waals surface area contributed by atoms with Crippen LogP contribution in [0.4, 0.5) is 13.2 Å². The van der Waals surface area contributed by atoms with Crippen LogP contribution in [-0.4, -0.2) is 41.1 Å². The Labute approximate surface area is 508 Å². The van der Waals surface area contributed by atoms with E-state index >= 15 is 8.78 Å². The maximum absolute atomic E-state index is 15.7. The SMILES string of the molecule is C.C.COc1cc(OC)c(-c2cc(-c3cccc(-c4ccccc4)c3)ccc2F)cc1-c1cc(-c2cccc(-c3ccccc3)c2)ccc1F.COc1cc(OC)c(Br)cc1Br.O[B]Oc1cc(-c2cccc(-c3ccccc3)c2)ccc1F. The molecular weight excluding hydrogens is 1190 g/mol. The van der Waals surface area contributed by atoms with Crippen LogP contribution in [-0.2, 0) is 0 Å². The number of methoxy groups -OCH3 is 4. The van der Waals surface area contributed by atoms with Gasteiger partial charge in [-0.15, -0.1) is 0 Å². The first-order valence-corrected chi connectivity index (χ1v) is 27.4. The molecule has 0 aliphatic heterocycles. The molecule has 1 radical (unpaired) electrons. The van der Waals surface area contributed by atoms with E-state index in [1.54, 1.807) is 50.6 Å². The third-order valence-corrected chi connectivity index (χ3v) is 14.7. The molecule has 0 atom stereocenters. The molecule has 12 heteroatoms. The van der Waals surface area contributed by atoms with Gasteiger partial charge in [0.1, 0.15) is 40.4 Å². The summed E-state index contributed by atoms with van der Waals surface area (Å²) in [5.41, 5.74) is 13.5. The fourth-order valence-electron chi connectivity index (χ4n) is 9.32. The Hall–Kier alpha value is -8.81. The quantitative estimate of drug-likeness (QED) is 0.109. The molecule has 6 nitrogen and oxygen atoms in total. The Morgan fingerprint density at radius 3 is 0.929 bits per heavy atom. The molecule has 0 saturated carbocycles. The Morgan fingerprint density at radius 1 is 0.286 bits per heavy atom. The van der Waals surface area contributed by atoms with E-state index in [4.69, 9.17) is 28.6 Å². The molecule has 0 aromatic heterocycles. The molecule has 0 aliphatic rings. The first kappa shape index (κ1) is 62.8. The van der Waals surface area contributed by atoms with Gasteiger partial charge in [-0.3, -0.25) is 0 Å². The molecule has 0 amide bonds. The highest BCUT2D eigenvalue weighted by Gasteiger charge is 2.21. The summed E-state index contributed by atoms with van der Waals surface area (Å²) in [6.45, 7) is 0. The fourth-order valence-corrected chi connectivity index (χ4v) is 10.6. The van der Waals surface area contributed by atoms with E-state index in [1.807, 2.05) is 140 Å². The molecule has 0 aliphatic carbocycles. The number of rotatable bonds is 14. The molecule has 0 heterocycles. The minimum Gasteiger partial charge on any atom is -0.535 e. The van der Waals surface area contributed by atoms with Crippen molar-refractivity contribution >= 4 is 39.5 Å². The zero-order valence-electron chi connectivity index (χ0n) is 45.0. The van der Waals surface area contributed by atoms with Gasteiger partial charge in [0.25, 0.3) is 0 Å². The average molecular weight is 1250 g/mol. The molecule has 423 valence electrons. The Kier molecular flexibility index (Phi) is 22.4. The lowest BCUT2D eigenvalue weighted by Gasteiger charge is -2.18. The van der Waals surface area contributed by atoms with Crippen molar-refractivity contribution in [1.29, 1.82) is 0 Å². The van der Waals surface area contributed by atoms with Gasteiger partial charge < -0.3 is 28.6 Å². The van der Waals surface area contributed by atoms with E-state index in [2.05, 4.69) is 80.4 Å². The number of halogens is 5. The van der Waals surface area contributed by atoms with Crippen LogP contribution in [0.5, 0.6) is 28.7 Å². The average Bonchev–Trinajstić information content (AvgIpc) is 3.72. The summed E-state index contributed by atoms with van der Waals surface area (Å²) in [6, 6.07) is 76.4. The number of benzene rings is 11. The third-order valence-electron chi connectivity index (χ3n) is 13.5. The normalized spacial score (nSPS) is 10.3. The zero-order chi connectivity index (χ0) is 57.5. The van der Waals surface area contributed by atoms with Crippen LogP contribution < -0.4 is 23.6 Å². The molecular formula is C72H61BBr2F3O6.